The van der Waals surface area contributed by atoms with Crippen molar-refractivity contribution >= 4 is 50.2 Å². The Balaban J connectivity index is 2.03. The molecule has 1 aromatic heterocycles. The number of anilines is 1. The van der Waals surface area contributed by atoms with Crippen LogP contribution in [-0.2, 0) is 9.53 Å². The molecule has 2 N–H and O–H groups in total. The van der Waals surface area contributed by atoms with Crippen LogP contribution in [0.3, 0.4) is 0 Å². The SMILES string of the molecule is COC(=O)C(NC(=O)c1ccc(Cl)cc1)(Nc1nc2ccccc2s1)C(F)(F)F. The van der Waals surface area contributed by atoms with E-state index in [1.54, 1.807) is 29.6 Å². The lowest BCUT2D eigenvalue weighted by Gasteiger charge is -2.34. The van der Waals surface area contributed by atoms with Crippen molar-refractivity contribution in [2.45, 2.75) is 11.8 Å². The molecule has 0 fully saturated rings. The van der Waals surface area contributed by atoms with Crippen LogP contribution < -0.4 is 10.6 Å². The monoisotopic (exact) mass is 443 g/mol. The zero-order valence-corrected chi connectivity index (χ0v) is 16.3. The van der Waals surface area contributed by atoms with Gasteiger partial charge < -0.3 is 15.4 Å². The Morgan fingerprint density at radius 3 is 2.34 bits per heavy atom. The molecule has 1 heterocycles. The van der Waals surface area contributed by atoms with Crippen LogP contribution >= 0.6 is 22.9 Å². The molecule has 0 saturated carbocycles. The summed E-state index contributed by atoms with van der Waals surface area (Å²) in [6.07, 6.45) is -5.25. The number of benzene rings is 2. The molecular formula is C18H13ClF3N3O3S. The highest BCUT2D eigenvalue weighted by Gasteiger charge is 2.64. The fourth-order valence-corrected chi connectivity index (χ4v) is 3.52. The van der Waals surface area contributed by atoms with Crippen molar-refractivity contribution in [2.75, 3.05) is 12.4 Å². The Hall–Kier alpha value is -2.85. The van der Waals surface area contributed by atoms with Crippen molar-refractivity contribution in [1.29, 1.82) is 0 Å². The summed E-state index contributed by atoms with van der Waals surface area (Å²) in [5, 5.41) is 3.84. The van der Waals surface area contributed by atoms with Crippen molar-refractivity contribution in [3.63, 3.8) is 0 Å². The maximum Gasteiger partial charge on any atom is 0.442 e. The number of aromatic nitrogens is 1. The molecule has 3 aromatic rings. The molecule has 0 bridgehead atoms. The number of carbonyl (C=O) groups excluding carboxylic acids is 2. The van der Waals surface area contributed by atoms with Crippen LogP contribution in [0, 0.1) is 0 Å². The van der Waals surface area contributed by atoms with Gasteiger partial charge in [-0.15, -0.1) is 0 Å². The fourth-order valence-electron chi connectivity index (χ4n) is 2.47. The van der Waals surface area contributed by atoms with Crippen LogP contribution in [0.15, 0.2) is 48.5 Å². The quantitative estimate of drug-likeness (QED) is 0.456. The number of alkyl halides is 3. The molecule has 1 unspecified atom stereocenters. The molecule has 6 nitrogen and oxygen atoms in total. The average molecular weight is 444 g/mol. The highest BCUT2D eigenvalue weighted by atomic mass is 35.5. The molecule has 3 rings (SSSR count). The molecule has 1 atom stereocenters. The number of esters is 1. The molecule has 0 spiro atoms. The first-order chi connectivity index (χ1) is 13.7. The minimum atomic E-state index is -5.25. The second-order valence-electron chi connectivity index (χ2n) is 5.81. The lowest BCUT2D eigenvalue weighted by Crippen LogP contribution is -2.69. The van der Waals surface area contributed by atoms with Gasteiger partial charge in [-0.1, -0.05) is 35.1 Å². The van der Waals surface area contributed by atoms with Crippen LogP contribution in [-0.4, -0.2) is 35.8 Å². The van der Waals surface area contributed by atoms with Gasteiger partial charge in [-0.3, -0.25) is 4.79 Å². The summed E-state index contributed by atoms with van der Waals surface area (Å²) in [4.78, 5) is 28.8. The molecule has 0 saturated heterocycles. The van der Waals surface area contributed by atoms with E-state index in [-0.39, 0.29) is 10.7 Å². The third-order valence-electron chi connectivity index (χ3n) is 3.91. The van der Waals surface area contributed by atoms with Crippen molar-refractivity contribution in [3.8, 4) is 0 Å². The molecule has 1 amide bonds. The number of thiazole rings is 1. The Morgan fingerprint density at radius 2 is 1.76 bits per heavy atom. The summed E-state index contributed by atoms with van der Waals surface area (Å²) < 4.78 is 47.2. The number of amides is 1. The van der Waals surface area contributed by atoms with E-state index >= 15 is 0 Å². The van der Waals surface area contributed by atoms with Gasteiger partial charge in [-0.2, -0.15) is 13.2 Å². The number of nitrogens with zero attached hydrogens (tertiary/aromatic N) is 1. The lowest BCUT2D eigenvalue weighted by molar-refractivity contribution is -0.203. The summed E-state index contributed by atoms with van der Waals surface area (Å²) in [6.45, 7) is 0. The second kappa shape index (κ2) is 7.88. The third kappa shape index (κ3) is 4.13. The largest absolute Gasteiger partial charge is 0.466 e. The van der Waals surface area contributed by atoms with Gasteiger partial charge in [0.1, 0.15) is 0 Å². The third-order valence-corrected chi connectivity index (χ3v) is 5.12. The molecule has 2 aromatic carbocycles. The van der Waals surface area contributed by atoms with Gasteiger partial charge in [0.2, 0.25) is 0 Å². The first-order valence-electron chi connectivity index (χ1n) is 8.03. The Morgan fingerprint density at radius 1 is 1.10 bits per heavy atom. The number of ether oxygens (including phenoxy) is 1. The number of nitrogens with one attached hydrogen (secondary N) is 2. The topological polar surface area (TPSA) is 80.3 Å². The van der Waals surface area contributed by atoms with Crippen molar-refractivity contribution < 1.29 is 27.5 Å². The Labute approximate surface area is 171 Å². The van der Waals surface area contributed by atoms with Crippen LogP contribution in [0.25, 0.3) is 10.2 Å². The average Bonchev–Trinajstić information content (AvgIpc) is 3.08. The highest BCUT2D eigenvalue weighted by molar-refractivity contribution is 7.22. The van der Waals surface area contributed by atoms with E-state index < -0.39 is 23.7 Å². The van der Waals surface area contributed by atoms with Gasteiger partial charge in [0.15, 0.2) is 5.13 Å². The number of fused-ring (bicyclic) bond motifs is 1. The number of hydrogen-bond donors (Lipinski definition) is 2. The molecule has 152 valence electrons. The van der Waals surface area contributed by atoms with E-state index in [0.29, 0.717) is 15.2 Å². The minimum Gasteiger partial charge on any atom is -0.466 e. The van der Waals surface area contributed by atoms with E-state index in [1.807, 2.05) is 5.32 Å². The van der Waals surface area contributed by atoms with E-state index in [0.717, 1.165) is 18.4 Å². The molecule has 29 heavy (non-hydrogen) atoms. The molecule has 0 aliphatic rings. The molecule has 0 radical (unpaired) electrons. The van der Waals surface area contributed by atoms with E-state index in [9.17, 15) is 22.8 Å². The summed E-state index contributed by atoms with van der Waals surface area (Å²) in [5.74, 6) is -2.90. The van der Waals surface area contributed by atoms with Gasteiger partial charge in [0.05, 0.1) is 17.3 Å². The molecule has 0 aliphatic heterocycles. The molecule has 0 aliphatic carbocycles. The van der Waals surface area contributed by atoms with E-state index in [4.69, 9.17) is 11.6 Å². The number of hydrogen-bond acceptors (Lipinski definition) is 6. The smallest absolute Gasteiger partial charge is 0.442 e. The van der Waals surface area contributed by atoms with Gasteiger partial charge in [0.25, 0.3) is 5.91 Å². The van der Waals surface area contributed by atoms with Gasteiger partial charge in [-0.25, -0.2) is 9.78 Å². The minimum absolute atomic E-state index is 0.127. The van der Waals surface area contributed by atoms with E-state index in [2.05, 4.69) is 9.72 Å². The van der Waals surface area contributed by atoms with Crippen LogP contribution in [0.2, 0.25) is 5.02 Å². The highest BCUT2D eigenvalue weighted by Crippen LogP contribution is 2.36. The Bertz CT molecular complexity index is 1020. The van der Waals surface area contributed by atoms with Crippen LogP contribution in [0.4, 0.5) is 18.3 Å². The number of para-hydroxylation sites is 1. The van der Waals surface area contributed by atoms with Crippen molar-refractivity contribution in [2.24, 2.45) is 0 Å². The maximum atomic E-state index is 14.1. The predicted octanol–water partition coefficient (Wildman–Crippen LogP) is 4.22. The Kier molecular flexibility index (Phi) is 5.67. The zero-order valence-electron chi connectivity index (χ0n) is 14.7. The van der Waals surface area contributed by atoms with Crippen LogP contribution in [0.5, 0.6) is 0 Å². The number of methoxy groups -OCH3 is 1. The number of carbonyl (C=O) groups is 2. The normalized spacial score (nSPS) is 13.6. The lowest BCUT2D eigenvalue weighted by atomic mass is 10.1. The standard InChI is InChI=1S/C18H13ClF3N3O3S/c1-28-15(27)17(18(20,21)22,24-14(26)10-6-8-11(19)9-7-10)25-16-23-12-4-2-3-5-13(12)29-16/h2-9H,1H3,(H,23,25)(H,24,26). The summed E-state index contributed by atoms with van der Waals surface area (Å²) >= 11 is 6.63. The summed E-state index contributed by atoms with van der Waals surface area (Å²) in [6, 6.07) is 11.8. The van der Waals surface area contributed by atoms with E-state index in [1.165, 1.54) is 24.3 Å². The number of rotatable bonds is 5. The first-order valence-corrected chi connectivity index (χ1v) is 9.23. The second-order valence-corrected chi connectivity index (χ2v) is 7.28. The van der Waals surface area contributed by atoms with Crippen LogP contribution in [0.1, 0.15) is 10.4 Å². The van der Waals surface area contributed by atoms with Crippen molar-refractivity contribution in [3.05, 3.63) is 59.1 Å². The zero-order chi connectivity index (χ0) is 21.2. The summed E-state index contributed by atoms with van der Waals surface area (Å²) in [7, 11) is 0.789. The first kappa shape index (κ1) is 20.9. The molecular weight excluding hydrogens is 431 g/mol. The van der Waals surface area contributed by atoms with Gasteiger partial charge in [0, 0.05) is 10.6 Å². The van der Waals surface area contributed by atoms with Crippen molar-refractivity contribution in [1.82, 2.24) is 10.3 Å². The maximum absolute atomic E-state index is 14.1. The predicted molar refractivity (Wildman–Crippen MR) is 103 cm³/mol. The van der Waals surface area contributed by atoms with Gasteiger partial charge >= 0.3 is 17.8 Å². The fraction of sp³-hybridized carbons (Fsp3) is 0.167. The van der Waals surface area contributed by atoms with Gasteiger partial charge in [-0.05, 0) is 36.4 Å². The molecule has 11 heteroatoms. The summed E-state index contributed by atoms with van der Waals surface area (Å²) in [5.41, 5.74) is -3.24. The number of halogens is 4.